The van der Waals surface area contributed by atoms with Gasteiger partial charge in [0.15, 0.2) is 0 Å². The maximum Gasteiger partial charge on any atom is 0.310 e. The summed E-state index contributed by atoms with van der Waals surface area (Å²) in [4.78, 5) is 14.0. The highest BCUT2D eigenvalue weighted by Gasteiger charge is 2.52. The lowest BCUT2D eigenvalue weighted by atomic mass is 9.78. The van der Waals surface area contributed by atoms with E-state index in [0.717, 1.165) is 51.7 Å². The Balaban J connectivity index is 1.19. The van der Waals surface area contributed by atoms with Gasteiger partial charge in [-0.05, 0) is 62.9 Å². The number of halogens is 1. The number of rotatable bonds is 11. The van der Waals surface area contributed by atoms with Crippen LogP contribution in [0.5, 0.6) is 0 Å². The van der Waals surface area contributed by atoms with Crippen LogP contribution in [-0.2, 0) is 16.1 Å². The SMILES string of the molecule is N#Cc1ccc(COCC2(CN[C@@H]3C[C@H]3c3ccccc3)CCN(CC3(C(=O)O)CC3)CC2)c(F)c1. The van der Waals surface area contributed by atoms with Crippen molar-refractivity contribution in [3.63, 3.8) is 0 Å². The second-order valence-corrected chi connectivity index (χ2v) is 11.0. The van der Waals surface area contributed by atoms with E-state index in [2.05, 4.69) is 34.5 Å². The molecule has 1 heterocycles. The number of hydrogen-bond acceptors (Lipinski definition) is 5. The average Bonchev–Trinajstić information content (AvgIpc) is 3.82. The molecule has 190 valence electrons. The lowest BCUT2D eigenvalue weighted by Gasteiger charge is -2.42. The smallest absolute Gasteiger partial charge is 0.310 e. The van der Waals surface area contributed by atoms with Gasteiger partial charge in [0, 0.05) is 36.0 Å². The van der Waals surface area contributed by atoms with Gasteiger partial charge in [-0.2, -0.15) is 5.26 Å². The molecule has 2 atom stereocenters. The minimum absolute atomic E-state index is 0.0800. The quantitative estimate of drug-likeness (QED) is 0.487. The molecule has 0 amide bonds. The van der Waals surface area contributed by atoms with E-state index in [1.165, 1.54) is 11.6 Å². The number of ether oxygens (including phenoxy) is 1. The van der Waals surface area contributed by atoms with E-state index in [0.29, 0.717) is 36.2 Å². The van der Waals surface area contributed by atoms with Crippen LogP contribution in [0.15, 0.2) is 48.5 Å². The van der Waals surface area contributed by atoms with Crippen LogP contribution >= 0.6 is 0 Å². The summed E-state index contributed by atoms with van der Waals surface area (Å²) in [5, 5.41) is 22.3. The molecule has 2 N–H and O–H groups in total. The predicted molar refractivity (Wildman–Crippen MR) is 134 cm³/mol. The van der Waals surface area contributed by atoms with Crippen LogP contribution in [0.2, 0.25) is 0 Å². The minimum Gasteiger partial charge on any atom is -0.481 e. The fourth-order valence-electron chi connectivity index (χ4n) is 5.52. The molecule has 6 nitrogen and oxygen atoms in total. The summed E-state index contributed by atoms with van der Waals surface area (Å²) >= 11 is 0. The van der Waals surface area contributed by atoms with Crippen LogP contribution < -0.4 is 5.32 Å². The molecule has 0 aromatic heterocycles. The zero-order valence-electron chi connectivity index (χ0n) is 20.6. The van der Waals surface area contributed by atoms with E-state index >= 15 is 0 Å². The molecular formula is C29H34FN3O3. The van der Waals surface area contributed by atoms with Gasteiger partial charge in [0.05, 0.1) is 30.3 Å². The van der Waals surface area contributed by atoms with Crippen molar-refractivity contribution in [1.29, 1.82) is 5.26 Å². The molecule has 2 saturated carbocycles. The number of carboxylic acid groups (broad SMARTS) is 1. The molecule has 7 heteroatoms. The van der Waals surface area contributed by atoms with Crippen molar-refractivity contribution in [2.24, 2.45) is 10.8 Å². The summed E-state index contributed by atoms with van der Waals surface area (Å²) in [5.74, 6) is -0.542. The summed E-state index contributed by atoms with van der Waals surface area (Å²) in [6.07, 6.45) is 4.49. The van der Waals surface area contributed by atoms with Crippen molar-refractivity contribution >= 4 is 5.97 Å². The molecule has 2 aliphatic carbocycles. The van der Waals surface area contributed by atoms with Gasteiger partial charge in [-0.3, -0.25) is 4.79 Å². The topological polar surface area (TPSA) is 85.6 Å². The summed E-state index contributed by atoms with van der Waals surface area (Å²) in [6.45, 7) is 3.83. The summed E-state index contributed by atoms with van der Waals surface area (Å²) in [7, 11) is 0. The Kier molecular flexibility index (Phi) is 7.11. The van der Waals surface area contributed by atoms with Gasteiger partial charge >= 0.3 is 5.97 Å². The normalized spacial score (nSPS) is 24.1. The number of carboxylic acids is 1. The number of aliphatic carboxylic acids is 1. The summed E-state index contributed by atoms with van der Waals surface area (Å²) in [6, 6.07) is 17.5. The van der Waals surface area contributed by atoms with Crippen LogP contribution in [0, 0.1) is 28.0 Å². The average molecular weight is 492 g/mol. The minimum atomic E-state index is -0.672. The number of benzene rings is 2. The van der Waals surface area contributed by atoms with Gasteiger partial charge in [0.25, 0.3) is 0 Å². The zero-order valence-corrected chi connectivity index (χ0v) is 20.6. The summed E-state index contributed by atoms with van der Waals surface area (Å²) in [5.41, 5.74) is 1.51. The van der Waals surface area contributed by atoms with E-state index < -0.39 is 17.2 Å². The molecule has 0 bridgehead atoms. The summed E-state index contributed by atoms with van der Waals surface area (Å²) < 4.78 is 20.4. The van der Waals surface area contributed by atoms with Crippen LogP contribution in [0.4, 0.5) is 4.39 Å². The number of likely N-dealkylation sites (tertiary alicyclic amines) is 1. The monoisotopic (exact) mass is 491 g/mol. The molecule has 0 radical (unpaired) electrons. The number of carbonyl (C=O) groups is 1. The van der Waals surface area contributed by atoms with E-state index in [9.17, 15) is 14.3 Å². The first kappa shape index (κ1) is 24.9. The van der Waals surface area contributed by atoms with Crippen molar-refractivity contribution in [3.8, 4) is 6.07 Å². The van der Waals surface area contributed by atoms with E-state index in [4.69, 9.17) is 10.00 Å². The highest BCUT2D eigenvalue weighted by Crippen LogP contribution is 2.47. The first-order chi connectivity index (χ1) is 17.4. The Bertz CT molecular complexity index is 1120. The van der Waals surface area contributed by atoms with Crippen molar-refractivity contribution in [3.05, 3.63) is 71.0 Å². The third-order valence-corrected chi connectivity index (χ3v) is 8.36. The third-order valence-electron chi connectivity index (χ3n) is 8.36. The van der Waals surface area contributed by atoms with Crippen LogP contribution in [0.3, 0.4) is 0 Å². The maximum absolute atomic E-state index is 14.3. The molecule has 1 saturated heterocycles. The fourth-order valence-corrected chi connectivity index (χ4v) is 5.52. The van der Waals surface area contributed by atoms with Crippen LogP contribution in [0.1, 0.15) is 54.7 Å². The molecule has 2 aromatic carbocycles. The molecule has 0 spiro atoms. The third kappa shape index (κ3) is 5.62. The van der Waals surface area contributed by atoms with Gasteiger partial charge in [-0.25, -0.2) is 4.39 Å². The predicted octanol–water partition coefficient (Wildman–Crippen LogP) is 4.31. The molecule has 1 aliphatic heterocycles. The maximum atomic E-state index is 14.3. The first-order valence-electron chi connectivity index (χ1n) is 12.9. The Labute approximate surface area is 212 Å². The lowest BCUT2D eigenvalue weighted by molar-refractivity contribution is -0.144. The number of nitrogens with one attached hydrogen (secondary N) is 1. The first-order valence-corrected chi connectivity index (χ1v) is 12.9. The van der Waals surface area contributed by atoms with Crippen LogP contribution in [-0.4, -0.2) is 54.8 Å². The Morgan fingerprint density at radius 1 is 1.17 bits per heavy atom. The molecule has 3 fully saturated rings. The van der Waals surface area contributed by atoms with Gasteiger partial charge in [0.1, 0.15) is 5.82 Å². The van der Waals surface area contributed by atoms with E-state index in [1.54, 1.807) is 12.1 Å². The Hall–Kier alpha value is -2.79. The van der Waals surface area contributed by atoms with Gasteiger partial charge < -0.3 is 20.1 Å². The van der Waals surface area contributed by atoms with Gasteiger partial charge in [0.2, 0.25) is 0 Å². The van der Waals surface area contributed by atoms with Crippen molar-refractivity contribution in [1.82, 2.24) is 10.2 Å². The van der Waals surface area contributed by atoms with E-state index in [1.807, 2.05) is 12.1 Å². The number of piperidine rings is 1. The zero-order chi connectivity index (χ0) is 25.2. The standard InChI is InChI=1S/C29H34FN3O3/c30-25-14-21(16-31)6-7-23(25)17-36-20-28(18-32-26-15-24(26)22-4-2-1-3-5-22)10-12-33(13-11-28)19-29(8-9-29)27(34)35/h1-7,14,24,26,32H,8-13,15,17-20H2,(H,34,35)/t24-,26+/m0/s1. The van der Waals surface area contributed by atoms with Crippen molar-refractivity contribution in [2.45, 2.75) is 50.7 Å². The molecular weight excluding hydrogens is 457 g/mol. The molecule has 36 heavy (non-hydrogen) atoms. The molecule has 3 aliphatic rings. The highest BCUT2D eigenvalue weighted by molar-refractivity contribution is 5.78. The van der Waals surface area contributed by atoms with Crippen molar-refractivity contribution < 1.29 is 19.0 Å². The fraction of sp³-hybridized carbons (Fsp3) is 0.517. The Morgan fingerprint density at radius 3 is 2.56 bits per heavy atom. The molecule has 2 aromatic rings. The number of nitrogens with zero attached hydrogens (tertiary/aromatic N) is 2. The highest BCUT2D eigenvalue weighted by atomic mass is 19.1. The Morgan fingerprint density at radius 2 is 1.92 bits per heavy atom. The lowest BCUT2D eigenvalue weighted by Crippen LogP contribution is -2.49. The molecule has 0 unspecified atom stereocenters. The molecule has 5 rings (SSSR count). The van der Waals surface area contributed by atoms with Crippen molar-refractivity contribution in [2.75, 3.05) is 32.8 Å². The van der Waals surface area contributed by atoms with E-state index in [-0.39, 0.29) is 12.0 Å². The second-order valence-electron chi connectivity index (χ2n) is 11.0. The number of nitriles is 1. The van der Waals surface area contributed by atoms with Crippen LogP contribution in [0.25, 0.3) is 0 Å². The number of hydrogen-bond donors (Lipinski definition) is 2. The largest absolute Gasteiger partial charge is 0.481 e. The van der Waals surface area contributed by atoms with Gasteiger partial charge in [-0.15, -0.1) is 0 Å². The van der Waals surface area contributed by atoms with Gasteiger partial charge in [-0.1, -0.05) is 36.4 Å². The second kappa shape index (κ2) is 10.3.